The molecule has 2 aliphatic rings. The quantitative estimate of drug-likeness (QED) is 0.664. The molecule has 116 valence electrons. The van der Waals surface area contributed by atoms with E-state index in [4.69, 9.17) is 9.47 Å². The number of rotatable bonds is 8. The number of aliphatic hydroxyl groups excluding tert-OH is 1. The zero-order valence-corrected chi connectivity index (χ0v) is 12.6. The molecule has 1 heterocycles. The first-order valence-corrected chi connectivity index (χ1v) is 7.95. The minimum Gasteiger partial charge on any atom is -0.389 e. The van der Waals surface area contributed by atoms with Crippen molar-refractivity contribution in [1.82, 2.24) is 5.32 Å². The highest BCUT2D eigenvalue weighted by Gasteiger charge is 2.19. The van der Waals surface area contributed by atoms with E-state index in [1.807, 2.05) is 0 Å². The summed E-state index contributed by atoms with van der Waals surface area (Å²) in [7, 11) is 0. The van der Waals surface area contributed by atoms with Crippen LogP contribution in [0.1, 0.15) is 26.2 Å². The van der Waals surface area contributed by atoms with Crippen molar-refractivity contribution in [2.24, 2.45) is 17.8 Å². The first-order chi connectivity index (χ1) is 9.75. The predicted octanol–water partition coefficient (Wildman–Crippen LogP) is 1.59. The molecule has 4 heteroatoms. The molecule has 0 radical (unpaired) electrons. The number of ether oxygens (including phenoxy) is 2. The van der Waals surface area contributed by atoms with Crippen LogP contribution in [0.4, 0.5) is 0 Å². The lowest BCUT2D eigenvalue weighted by Gasteiger charge is -2.25. The van der Waals surface area contributed by atoms with Crippen LogP contribution < -0.4 is 5.32 Å². The monoisotopic (exact) mass is 283 g/mol. The van der Waals surface area contributed by atoms with Crippen LogP contribution in [0.3, 0.4) is 0 Å². The zero-order chi connectivity index (χ0) is 14.2. The van der Waals surface area contributed by atoms with E-state index in [9.17, 15) is 5.11 Å². The van der Waals surface area contributed by atoms with Gasteiger partial charge in [0.2, 0.25) is 0 Å². The van der Waals surface area contributed by atoms with E-state index in [1.165, 1.54) is 0 Å². The number of nitrogens with one attached hydrogen (secondary N) is 1. The molecular weight excluding hydrogens is 254 g/mol. The summed E-state index contributed by atoms with van der Waals surface area (Å²) < 4.78 is 11.0. The molecule has 2 rings (SSSR count). The summed E-state index contributed by atoms with van der Waals surface area (Å²) in [5.74, 6) is 1.91. The van der Waals surface area contributed by atoms with Gasteiger partial charge >= 0.3 is 0 Å². The van der Waals surface area contributed by atoms with Crippen LogP contribution in [0.25, 0.3) is 0 Å². The van der Waals surface area contributed by atoms with E-state index in [0.717, 1.165) is 45.6 Å². The third-order valence-corrected chi connectivity index (χ3v) is 4.40. The highest BCUT2D eigenvalue weighted by Crippen LogP contribution is 2.24. The second-order valence-electron chi connectivity index (χ2n) is 6.26. The number of allylic oxidation sites excluding steroid dienone is 2. The Morgan fingerprint density at radius 3 is 3.00 bits per heavy atom. The Morgan fingerprint density at radius 2 is 2.25 bits per heavy atom. The average molecular weight is 283 g/mol. The Kier molecular flexibility index (Phi) is 7.00. The Morgan fingerprint density at radius 1 is 1.40 bits per heavy atom. The Hall–Kier alpha value is -0.420. The topological polar surface area (TPSA) is 50.7 Å². The molecule has 0 aromatic heterocycles. The maximum atomic E-state index is 9.89. The molecule has 4 atom stereocenters. The fourth-order valence-electron chi connectivity index (χ4n) is 2.85. The minimum absolute atomic E-state index is 0.410. The summed E-state index contributed by atoms with van der Waals surface area (Å²) in [5, 5.41) is 13.2. The van der Waals surface area contributed by atoms with Crippen LogP contribution in [0, 0.1) is 17.8 Å². The van der Waals surface area contributed by atoms with Gasteiger partial charge in [-0.2, -0.15) is 0 Å². The number of hydrogen-bond donors (Lipinski definition) is 2. The fraction of sp³-hybridized carbons (Fsp3) is 0.875. The van der Waals surface area contributed by atoms with Crippen LogP contribution in [0.15, 0.2) is 12.2 Å². The molecule has 4 unspecified atom stereocenters. The lowest BCUT2D eigenvalue weighted by molar-refractivity contribution is 0.0126. The van der Waals surface area contributed by atoms with Crippen LogP contribution in [-0.4, -0.2) is 50.7 Å². The molecule has 0 amide bonds. The molecule has 1 aliphatic heterocycles. The molecule has 0 bridgehead atoms. The van der Waals surface area contributed by atoms with Crippen molar-refractivity contribution >= 4 is 0 Å². The zero-order valence-electron chi connectivity index (χ0n) is 12.6. The van der Waals surface area contributed by atoms with Gasteiger partial charge in [0, 0.05) is 19.7 Å². The first-order valence-electron chi connectivity index (χ1n) is 7.95. The smallest absolute Gasteiger partial charge is 0.0897 e. The van der Waals surface area contributed by atoms with Crippen molar-refractivity contribution in [1.29, 1.82) is 0 Å². The Bertz CT molecular complexity index is 289. The van der Waals surface area contributed by atoms with Crippen LogP contribution in [-0.2, 0) is 9.47 Å². The van der Waals surface area contributed by atoms with E-state index in [2.05, 4.69) is 24.4 Å². The summed E-state index contributed by atoms with van der Waals surface area (Å²) in [4.78, 5) is 0. The fourth-order valence-corrected chi connectivity index (χ4v) is 2.85. The minimum atomic E-state index is -0.410. The molecule has 1 fully saturated rings. The van der Waals surface area contributed by atoms with Gasteiger partial charge in [0.05, 0.1) is 25.9 Å². The van der Waals surface area contributed by atoms with Crippen molar-refractivity contribution in [3.05, 3.63) is 12.2 Å². The van der Waals surface area contributed by atoms with Crippen LogP contribution in [0.2, 0.25) is 0 Å². The largest absolute Gasteiger partial charge is 0.389 e. The van der Waals surface area contributed by atoms with Gasteiger partial charge < -0.3 is 19.9 Å². The van der Waals surface area contributed by atoms with Crippen molar-refractivity contribution in [3.8, 4) is 0 Å². The molecular formula is C16H29NO3. The van der Waals surface area contributed by atoms with Gasteiger partial charge in [0.1, 0.15) is 0 Å². The van der Waals surface area contributed by atoms with E-state index in [-0.39, 0.29) is 0 Å². The maximum absolute atomic E-state index is 9.89. The summed E-state index contributed by atoms with van der Waals surface area (Å²) in [5.41, 5.74) is 0. The van der Waals surface area contributed by atoms with E-state index >= 15 is 0 Å². The number of aliphatic hydroxyl groups is 1. The van der Waals surface area contributed by atoms with Gasteiger partial charge in [-0.15, -0.1) is 0 Å². The van der Waals surface area contributed by atoms with Crippen molar-refractivity contribution in [2.45, 2.75) is 32.3 Å². The molecule has 1 aliphatic carbocycles. The molecule has 0 aromatic rings. The molecule has 4 nitrogen and oxygen atoms in total. The summed E-state index contributed by atoms with van der Waals surface area (Å²) in [6.07, 6.45) is 7.49. The van der Waals surface area contributed by atoms with Gasteiger partial charge in [-0.3, -0.25) is 0 Å². The lowest BCUT2D eigenvalue weighted by Crippen LogP contribution is -2.34. The van der Waals surface area contributed by atoms with Gasteiger partial charge in [0.15, 0.2) is 0 Å². The average Bonchev–Trinajstić information content (AvgIpc) is 2.94. The highest BCUT2D eigenvalue weighted by molar-refractivity contribution is 4.93. The second-order valence-corrected chi connectivity index (χ2v) is 6.26. The molecule has 0 saturated carbocycles. The van der Waals surface area contributed by atoms with E-state index in [0.29, 0.717) is 30.9 Å². The van der Waals surface area contributed by atoms with Crippen LogP contribution >= 0.6 is 0 Å². The Labute approximate surface area is 122 Å². The first kappa shape index (κ1) is 16.0. The lowest BCUT2D eigenvalue weighted by atomic mass is 9.85. The molecule has 0 aromatic carbocycles. The van der Waals surface area contributed by atoms with Gasteiger partial charge in [-0.05, 0) is 37.0 Å². The van der Waals surface area contributed by atoms with Crippen molar-refractivity contribution in [3.63, 3.8) is 0 Å². The normalized spacial score (nSPS) is 31.6. The van der Waals surface area contributed by atoms with Crippen molar-refractivity contribution in [2.75, 3.05) is 39.5 Å². The summed E-state index contributed by atoms with van der Waals surface area (Å²) in [6, 6.07) is 0. The Balaban J connectivity index is 1.49. The van der Waals surface area contributed by atoms with Crippen LogP contribution in [0.5, 0.6) is 0 Å². The molecule has 0 spiro atoms. The van der Waals surface area contributed by atoms with E-state index < -0.39 is 6.10 Å². The second kappa shape index (κ2) is 8.78. The highest BCUT2D eigenvalue weighted by atomic mass is 16.5. The SMILES string of the molecule is CC1CC=CCC1COCC(O)CNCC1CCOC1. The summed E-state index contributed by atoms with van der Waals surface area (Å²) >= 11 is 0. The molecule has 20 heavy (non-hydrogen) atoms. The van der Waals surface area contributed by atoms with Crippen molar-refractivity contribution < 1.29 is 14.6 Å². The van der Waals surface area contributed by atoms with E-state index in [1.54, 1.807) is 0 Å². The third kappa shape index (κ3) is 5.52. The molecule has 1 saturated heterocycles. The van der Waals surface area contributed by atoms with Gasteiger partial charge in [-0.1, -0.05) is 19.1 Å². The summed E-state index contributed by atoms with van der Waals surface area (Å²) in [6.45, 7) is 6.75. The maximum Gasteiger partial charge on any atom is 0.0897 e. The molecule has 2 N–H and O–H groups in total. The predicted molar refractivity (Wildman–Crippen MR) is 79.6 cm³/mol. The third-order valence-electron chi connectivity index (χ3n) is 4.40. The van der Waals surface area contributed by atoms with Gasteiger partial charge in [0.25, 0.3) is 0 Å². The standard InChI is InChI=1S/C16H29NO3/c1-13-4-2-3-5-15(13)11-20-12-16(18)9-17-8-14-6-7-19-10-14/h2-3,13-18H,4-12H2,1H3. The van der Waals surface area contributed by atoms with Gasteiger partial charge in [-0.25, -0.2) is 0 Å². The number of hydrogen-bond acceptors (Lipinski definition) is 4.